The molecule has 1 amide bonds. The number of nitrogens with zero attached hydrogens (tertiary/aromatic N) is 1. The lowest BCUT2D eigenvalue weighted by molar-refractivity contribution is -0.115. The van der Waals surface area contributed by atoms with E-state index < -0.39 is 0 Å². The van der Waals surface area contributed by atoms with Gasteiger partial charge in [-0.15, -0.1) is 0 Å². The lowest BCUT2D eigenvalue weighted by atomic mass is 9.98. The van der Waals surface area contributed by atoms with Crippen molar-refractivity contribution in [1.29, 1.82) is 0 Å². The monoisotopic (exact) mass is 322 g/mol. The van der Waals surface area contributed by atoms with Crippen molar-refractivity contribution in [2.24, 2.45) is 0 Å². The highest BCUT2D eigenvalue weighted by atomic mass is 16.5. The van der Waals surface area contributed by atoms with Crippen LogP contribution in [-0.2, 0) is 11.2 Å². The van der Waals surface area contributed by atoms with Crippen LogP contribution >= 0.6 is 0 Å². The second kappa shape index (κ2) is 6.48. The van der Waals surface area contributed by atoms with Crippen molar-refractivity contribution in [2.75, 3.05) is 5.32 Å². The smallest absolute Gasteiger partial charge is 0.230 e. The van der Waals surface area contributed by atoms with E-state index in [1.165, 1.54) is 0 Å². The van der Waals surface area contributed by atoms with Crippen molar-refractivity contribution < 1.29 is 9.32 Å². The molecule has 3 aromatic rings. The Morgan fingerprint density at radius 3 is 2.75 bits per heavy atom. The van der Waals surface area contributed by atoms with E-state index >= 15 is 0 Å². The number of para-hydroxylation sites is 1. The Morgan fingerprint density at radius 2 is 2.00 bits per heavy atom. The molecule has 4 nitrogen and oxygen atoms in total. The quantitative estimate of drug-likeness (QED) is 0.754. The van der Waals surface area contributed by atoms with E-state index in [1.807, 2.05) is 44.2 Å². The minimum atomic E-state index is -0.0806. The number of aryl methyl sites for hydroxylation is 2. The summed E-state index contributed by atoms with van der Waals surface area (Å²) in [5.74, 6) is 0.263. The summed E-state index contributed by atoms with van der Waals surface area (Å²) in [6, 6.07) is 11.9. The van der Waals surface area contributed by atoms with E-state index in [2.05, 4.69) is 30.4 Å². The summed E-state index contributed by atoms with van der Waals surface area (Å²) in [6.07, 6.45) is 0.197. The minimum absolute atomic E-state index is 0.0806. The molecule has 1 aromatic heterocycles. The number of anilines is 1. The maximum absolute atomic E-state index is 12.5. The highest BCUT2D eigenvalue weighted by molar-refractivity contribution is 5.96. The van der Waals surface area contributed by atoms with E-state index in [0.717, 1.165) is 27.8 Å². The Balaban J connectivity index is 1.85. The number of hydrogen-bond acceptors (Lipinski definition) is 3. The van der Waals surface area contributed by atoms with E-state index in [-0.39, 0.29) is 12.3 Å². The van der Waals surface area contributed by atoms with Crippen LogP contribution in [0.3, 0.4) is 0 Å². The van der Waals surface area contributed by atoms with E-state index in [0.29, 0.717) is 17.2 Å². The van der Waals surface area contributed by atoms with Gasteiger partial charge in [-0.05, 0) is 43.0 Å². The van der Waals surface area contributed by atoms with Gasteiger partial charge in [0.15, 0.2) is 5.58 Å². The zero-order chi connectivity index (χ0) is 17.3. The van der Waals surface area contributed by atoms with Gasteiger partial charge in [0.25, 0.3) is 0 Å². The fraction of sp³-hybridized carbons (Fsp3) is 0.300. The molecule has 24 heavy (non-hydrogen) atoms. The van der Waals surface area contributed by atoms with Crippen LogP contribution in [0.2, 0.25) is 0 Å². The van der Waals surface area contributed by atoms with E-state index in [9.17, 15) is 4.79 Å². The van der Waals surface area contributed by atoms with Crippen molar-refractivity contribution in [3.8, 4) is 0 Å². The molecule has 0 aliphatic rings. The predicted molar refractivity (Wildman–Crippen MR) is 96.3 cm³/mol. The lowest BCUT2D eigenvalue weighted by Gasteiger charge is -2.16. The van der Waals surface area contributed by atoms with Gasteiger partial charge in [0.1, 0.15) is 5.69 Å². The highest BCUT2D eigenvalue weighted by Gasteiger charge is 2.16. The van der Waals surface area contributed by atoms with Gasteiger partial charge in [0.05, 0.1) is 6.42 Å². The second-order valence-corrected chi connectivity index (χ2v) is 6.55. The number of rotatable bonds is 4. The third-order valence-electron chi connectivity index (χ3n) is 4.22. The molecule has 0 aliphatic heterocycles. The van der Waals surface area contributed by atoms with E-state index in [4.69, 9.17) is 4.52 Å². The zero-order valence-corrected chi connectivity index (χ0v) is 14.5. The maximum atomic E-state index is 12.5. The molecule has 124 valence electrons. The Bertz CT molecular complexity index is 894. The Hall–Kier alpha value is -2.62. The molecule has 0 aliphatic carbocycles. The molecule has 0 saturated carbocycles. The number of nitrogens with one attached hydrogen (secondary N) is 1. The average molecular weight is 322 g/mol. The van der Waals surface area contributed by atoms with Gasteiger partial charge in [-0.3, -0.25) is 4.79 Å². The summed E-state index contributed by atoms with van der Waals surface area (Å²) < 4.78 is 5.31. The van der Waals surface area contributed by atoms with Crippen LogP contribution in [-0.4, -0.2) is 11.1 Å². The highest BCUT2D eigenvalue weighted by Crippen LogP contribution is 2.28. The Kier molecular flexibility index (Phi) is 4.38. The standard InChI is InChI=1S/C20H22N2O2/c1-12(2)15-7-5-6-14(4)20(15)21-19(23)11-17-16-10-13(3)8-9-18(16)24-22-17/h5-10,12H,11H2,1-4H3,(H,21,23). The number of carbonyl (C=O) groups excluding carboxylic acids is 1. The van der Waals surface area contributed by atoms with Gasteiger partial charge in [-0.1, -0.05) is 48.8 Å². The number of carbonyl (C=O) groups is 1. The predicted octanol–water partition coefficient (Wildman–Crippen LogP) is 4.75. The summed E-state index contributed by atoms with van der Waals surface area (Å²) in [7, 11) is 0. The number of aromatic nitrogens is 1. The first-order chi connectivity index (χ1) is 11.5. The number of fused-ring (bicyclic) bond motifs is 1. The third-order valence-corrected chi connectivity index (χ3v) is 4.22. The first-order valence-corrected chi connectivity index (χ1v) is 8.20. The molecule has 0 unspecified atom stereocenters. The van der Waals surface area contributed by atoms with Gasteiger partial charge in [0, 0.05) is 11.1 Å². The molecular weight excluding hydrogens is 300 g/mol. The van der Waals surface area contributed by atoms with Crippen LogP contribution in [0.25, 0.3) is 11.0 Å². The number of amides is 1. The molecule has 0 fully saturated rings. The van der Waals surface area contributed by atoms with Gasteiger partial charge in [0.2, 0.25) is 5.91 Å². The summed E-state index contributed by atoms with van der Waals surface area (Å²) in [4.78, 5) is 12.5. The van der Waals surface area contributed by atoms with Crippen molar-refractivity contribution >= 4 is 22.6 Å². The molecule has 4 heteroatoms. The van der Waals surface area contributed by atoms with Gasteiger partial charge < -0.3 is 9.84 Å². The Morgan fingerprint density at radius 1 is 1.21 bits per heavy atom. The van der Waals surface area contributed by atoms with E-state index in [1.54, 1.807) is 0 Å². The molecule has 0 saturated heterocycles. The number of benzene rings is 2. The first-order valence-electron chi connectivity index (χ1n) is 8.20. The largest absolute Gasteiger partial charge is 0.356 e. The van der Waals surface area contributed by atoms with Crippen LogP contribution in [0.4, 0.5) is 5.69 Å². The molecule has 0 radical (unpaired) electrons. The summed E-state index contributed by atoms with van der Waals surface area (Å²) in [5, 5.41) is 8.02. The lowest BCUT2D eigenvalue weighted by Crippen LogP contribution is -2.17. The zero-order valence-electron chi connectivity index (χ0n) is 14.5. The molecule has 2 aromatic carbocycles. The van der Waals surface area contributed by atoms with Gasteiger partial charge in [-0.25, -0.2) is 0 Å². The van der Waals surface area contributed by atoms with Crippen molar-refractivity contribution in [3.05, 3.63) is 58.8 Å². The van der Waals surface area contributed by atoms with Crippen LogP contribution < -0.4 is 5.32 Å². The van der Waals surface area contributed by atoms with Gasteiger partial charge >= 0.3 is 0 Å². The van der Waals surface area contributed by atoms with Crippen LogP contribution in [0.15, 0.2) is 40.9 Å². The van der Waals surface area contributed by atoms with Crippen molar-refractivity contribution in [1.82, 2.24) is 5.16 Å². The maximum Gasteiger partial charge on any atom is 0.230 e. The summed E-state index contributed by atoms with van der Waals surface area (Å²) >= 11 is 0. The second-order valence-electron chi connectivity index (χ2n) is 6.55. The van der Waals surface area contributed by atoms with Crippen LogP contribution in [0, 0.1) is 13.8 Å². The fourth-order valence-electron chi connectivity index (χ4n) is 2.91. The molecule has 1 heterocycles. The van der Waals surface area contributed by atoms with Crippen LogP contribution in [0.5, 0.6) is 0 Å². The fourth-order valence-corrected chi connectivity index (χ4v) is 2.91. The molecular formula is C20H22N2O2. The van der Waals surface area contributed by atoms with Gasteiger partial charge in [-0.2, -0.15) is 0 Å². The minimum Gasteiger partial charge on any atom is -0.356 e. The summed E-state index contributed by atoms with van der Waals surface area (Å²) in [6.45, 7) is 8.27. The molecule has 0 spiro atoms. The third kappa shape index (κ3) is 3.18. The van der Waals surface area contributed by atoms with Crippen molar-refractivity contribution in [2.45, 2.75) is 40.0 Å². The van der Waals surface area contributed by atoms with Crippen molar-refractivity contribution in [3.63, 3.8) is 0 Å². The summed E-state index contributed by atoms with van der Waals surface area (Å²) in [5.41, 5.74) is 5.61. The first kappa shape index (κ1) is 16.2. The number of hydrogen-bond donors (Lipinski definition) is 1. The Labute approximate surface area is 141 Å². The SMILES string of the molecule is Cc1ccc2onc(CC(=O)Nc3c(C)cccc3C(C)C)c2c1. The molecule has 0 bridgehead atoms. The normalized spacial score (nSPS) is 11.2. The van der Waals surface area contributed by atoms with Crippen LogP contribution in [0.1, 0.15) is 42.1 Å². The molecule has 3 rings (SSSR count). The topological polar surface area (TPSA) is 55.1 Å². The average Bonchev–Trinajstić information content (AvgIpc) is 2.91. The molecule has 1 N–H and O–H groups in total. The molecule has 0 atom stereocenters.